The topological polar surface area (TPSA) is 77.4 Å². The summed E-state index contributed by atoms with van der Waals surface area (Å²) in [6, 6.07) is 0. The van der Waals surface area contributed by atoms with Crippen molar-refractivity contribution < 1.29 is 47.6 Å². The van der Waals surface area contributed by atoms with Crippen LogP contribution in [0.25, 0.3) is 0 Å². The fraction of sp³-hybridized carbons (Fsp3) is 1.00. The van der Waals surface area contributed by atoms with Gasteiger partial charge >= 0.3 is 29.6 Å². The zero-order chi connectivity index (χ0) is 12.6. The average molecular weight is 274 g/mol. The van der Waals surface area contributed by atoms with E-state index in [2.05, 4.69) is 6.92 Å². The van der Waals surface area contributed by atoms with E-state index in [1.165, 1.54) is 0 Å². The molecule has 0 spiro atoms. The van der Waals surface area contributed by atoms with Crippen LogP contribution < -0.4 is 29.6 Å². The second-order valence-electron chi connectivity index (χ2n) is 4.26. The monoisotopic (exact) mass is 274 g/mol. The molecule has 1 N–H and O–H groups in total. The van der Waals surface area contributed by atoms with Gasteiger partial charge in [-0.25, -0.2) is 8.42 Å². The van der Waals surface area contributed by atoms with Gasteiger partial charge in [0.25, 0.3) is 0 Å². The van der Waals surface area contributed by atoms with Gasteiger partial charge < -0.3 is 9.66 Å². The molecule has 17 heavy (non-hydrogen) atoms. The van der Waals surface area contributed by atoms with Crippen molar-refractivity contribution >= 4 is 10.1 Å². The Morgan fingerprint density at radius 1 is 1.18 bits per heavy atom. The molecule has 0 aromatic carbocycles. The molecule has 6 heteroatoms. The van der Waals surface area contributed by atoms with Crippen molar-refractivity contribution in [1.82, 2.24) is 0 Å². The molecular formula is C11H23NaO4S. The quantitative estimate of drug-likeness (QED) is 0.333. The smallest absolute Gasteiger partial charge is 0.748 e. The van der Waals surface area contributed by atoms with Crippen LogP contribution in [-0.2, 0) is 10.1 Å². The van der Waals surface area contributed by atoms with Crippen molar-refractivity contribution in [3.8, 4) is 0 Å². The van der Waals surface area contributed by atoms with Gasteiger partial charge in [0.05, 0.1) is 21.5 Å². The number of rotatable bonds is 9. The third-order valence-electron chi connectivity index (χ3n) is 2.79. The van der Waals surface area contributed by atoms with Crippen molar-refractivity contribution in [3.63, 3.8) is 0 Å². The van der Waals surface area contributed by atoms with E-state index in [4.69, 9.17) is 0 Å². The third kappa shape index (κ3) is 10.5. The van der Waals surface area contributed by atoms with E-state index >= 15 is 0 Å². The SMILES string of the molecule is CCCCCCC(O)CC(CC)S(=O)(=O)[O-].[Na+]. The van der Waals surface area contributed by atoms with Gasteiger partial charge in [-0.2, -0.15) is 0 Å². The normalized spacial score (nSPS) is 15.1. The van der Waals surface area contributed by atoms with Gasteiger partial charge in [-0.05, 0) is 19.3 Å². The summed E-state index contributed by atoms with van der Waals surface area (Å²) < 4.78 is 32.4. The molecular weight excluding hydrogens is 251 g/mol. The molecule has 0 rings (SSSR count). The minimum atomic E-state index is -4.26. The molecule has 0 aliphatic carbocycles. The molecule has 0 amide bonds. The second kappa shape index (κ2) is 10.8. The van der Waals surface area contributed by atoms with E-state index in [0.29, 0.717) is 6.42 Å². The van der Waals surface area contributed by atoms with Crippen LogP contribution >= 0.6 is 0 Å². The van der Waals surface area contributed by atoms with E-state index in [9.17, 15) is 18.1 Å². The van der Waals surface area contributed by atoms with Crippen LogP contribution in [0.2, 0.25) is 0 Å². The van der Waals surface area contributed by atoms with Gasteiger partial charge in [-0.3, -0.25) is 0 Å². The molecule has 0 radical (unpaired) electrons. The maximum atomic E-state index is 10.8. The van der Waals surface area contributed by atoms with E-state index in [-0.39, 0.29) is 42.4 Å². The van der Waals surface area contributed by atoms with Gasteiger partial charge in [-0.15, -0.1) is 0 Å². The van der Waals surface area contributed by atoms with E-state index in [1.54, 1.807) is 6.92 Å². The van der Waals surface area contributed by atoms with Crippen molar-refractivity contribution in [2.24, 2.45) is 0 Å². The minimum absolute atomic E-state index is 0. The molecule has 0 aromatic rings. The first-order valence-corrected chi connectivity index (χ1v) is 7.51. The molecule has 0 aliphatic heterocycles. The van der Waals surface area contributed by atoms with E-state index in [1.807, 2.05) is 0 Å². The van der Waals surface area contributed by atoms with Crippen LogP contribution in [0.3, 0.4) is 0 Å². The number of hydrogen-bond acceptors (Lipinski definition) is 4. The van der Waals surface area contributed by atoms with Crippen molar-refractivity contribution in [2.75, 3.05) is 0 Å². The van der Waals surface area contributed by atoms with E-state index < -0.39 is 21.5 Å². The first kappa shape index (κ1) is 20.2. The molecule has 2 unspecified atom stereocenters. The summed E-state index contributed by atoms with van der Waals surface area (Å²) in [5, 5.41) is 8.67. The molecule has 0 saturated carbocycles. The Morgan fingerprint density at radius 3 is 2.18 bits per heavy atom. The van der Waals surface area contributed by atoms with Gasteiger partial charge in [0.15, 0.2) is 0 Å². The van der Waals surface area contributed by atoms with Gasteiger partial charge in [0.1, 0.15) is 0 Å². The van der Waals surface area contributed by atoms with Crippen LogP contribution in [0.4, 0.5) is 0 Å². The Balaban J connectivity index is 0. The minimum Gasteiger partial charge on any atom is -0.748 e. The predicted octanol–water partition coefficient (Wildman–Crippen LogP) is -0.964. The summed E-state index contributed by atoms with van der Waals surface area (Å²) in [5.41, 5.74) is 0. The zero-order valence-corrected chi connectivity index (χ0v) is 14.0. The number of hydrogen-bond donors (Lipinski definition) is 1. The Labute approximate surface area is 127 Å². The molecule has 4 nitrogen and oxygen atoms in total. The Morgan fingerprint density at radius 2 is 1.76 bits per heavy atom. The molecule has 98 valence electrons. The van der Waals surface area contributed by atoms with Crippen molar-refractivity contribution in [3.05, 3.63) is 0 Å². The summed E-state index contributed by atoms with van der Waals surface area (Å²) >= 11 is 0. The summed E-state index contributed by atoms with van der Waals surface area (Å²) in [4.78, 5) is 0. The molecule has 0 aromatic heterocycles. The summed E-state index contributed by atoms with van der Waals surface area (Å²) in [7, 11) is -4.26. The fourth-order valence-corrected chi connectivity index (χ4v) is 2.58. The number of aliphatic hydroxyl groups is 1. The third-order valence-corrected chi connectivity index (χ3v) is 4.13. The van der Waals surface area contributed by atoms with Crippen LogP contribution in [0.5, 0.6) is 0 Å². The Bertz CT molecular complexity index is 267. The van der Waals surface area contributed by atoms with E-state index in [0.717, 1.165) is 25.7 Å². The summed E-state index contributed by atoms with van der Waals surface area (Å²) in [5.74, 6) is 0. The fourth-order valence-electron chi connectivity index (χ4n) is 1.72. The Kier molecular flexibility index (Phi) is 12.8. The van der Waals surface area contributed by atoms with Crippen LogP contribution in [0.1, 0.15) is 58.8 Å². The molecule has 2 atom stereocenters. The zero-order valence-electron chi connectivity index (χ0n) is 11.2. The second-order valence-corrected chi connectivity index (χ2v) is 5.91. The van der Waals surface area contributed by atoms with Gasteiger partial charge in [0.2, 0.25) is 0 Å². The maximum absolute atomic E-state index is 10.8. The molecule has 0 bridgehead atoms. The van der Waals surface area contributed by atoms with Crippen LogP contribution in [-0.4, -0.2) is 29.4 Å². The molecule has 0 heterocycles. The van der Waals surface area contributed by atoms with Crippen molar-refractivity contribution in [2.45, 2.75) is 70.1 Å². The average Bonchev–Trinajstić information content (AvgIpc) is 2.19. The summed E-state index contributed by atoms with van der Waals surface area (Å²) in [6.45, 7) is 3.76. The summed E-state index contributed by atoms with van der Waals surface area (Å²) in [6.07, 6.45) is 4.48. The number of aliphatic hydroxyl groups excluding tert-OH is 1. The Hall–Kier alpha value is 0.870. The van der Waals surface area contributed by atoms with Crippen LogP contribution in [0, 0.1) is 0 Å². The largest absolute Gasteiger partial charge is 1.00 e. The molecule has 0 fully saturated rings. The first-order chi connectivity index (χ1) is 7.41. The number of unbranched alkanes of at least 4 members (excludes halogenated alkanes) is 3. The predicted molar refractivity (Wildman–Crippen MR) is 63.2 cm³/mol. The van der Waals surface area contributed by atoms with Crippen molar-refractivity contribution in [1.29, 1.82) is 0 Å². The maximum Gasteiger partial charge on any atom is 1.00 e. The molecule has 0 saturated heterocycles. The van der Waals surface area contributed by atoms with Gasteiger partial charge in [-0.1, -0.05) is 39.5 Å². The van der Waals surface area contributed by atoms with Gasteiger partial charge in [0, 0.05) is 0 Å². The molecule has 0 aliphatic rings. The van der Waals surface area contributed by atoms with Crippen LogP contribution in [0.15, 0.2) is 0 Å². The first-order valence-electron chi connectivity index (χ1n) is 6.04. The standard InChI is InChI=1S/C11H24O4S.Na/c1-3-5-6-7-8-10(12)9-11(4-2)16(13,14)15;/h10-12H,3-9H2,1-2H3,(H,13,14,15);/q;+1/p-1.